The van der Waals surface area contributed by atoms with E-state index in [9.17, 15) is 4.79 Å². The smallest absolute Gasteiger partial charge is 0.289 e. The van der Waals surface area contributed by atoms with Gasteiger partial charge in [0.25, 0.3) is 5.91 Å². The summed E-state index contributed by atoms with van der Waals surface area (Å²) in [5, 5.41) is 0. The van der Waals surface area contributed by atoms with Gasteiger partial charge in [0.05, 0.1) is 0 Å². The lowest BCUT2D eigenvalue weighted by molar-refractivity contribution is 0.0687. The highest BCUT2D eigenvalue weighted by Crippen LogP contribution is 2.26. The summed E-state index contributed by atoms with van der Waals surface area (Å²) in [5.74, 6) is 1.93. The Balaban J connectivity index is 1.67. The Kier molecular flexibility index (Phi) is 5.53. The summed E-state index contributed by atoms with van der Waals surface area (Å²) in [6.07, 6.45) is 10.6. The molecule has 2 aromatic rings. The average molecular weight is 344 g/mol. The average Bonchev–Trinajstić information content (AvgIpc) is 3.23. The van der Waals surface area contributed by atoms with Crippen LogP contribution >= 0.6 is 0 Å². The summed E-state index contributed by atoms with van der Waals surface area (Å²) >= 11 is 0. The van der Waals surface area contributed by atoms with Crippen LogP contribution in [0.4, 0.5) is 0 Å². The van der Waals surface area contributed by atoms with E-state index in [2.05, 4.69) is 39.7 Å². The summed E-state index contributed by atoms with van der Waals surface area (Å²) in [6.45, 7) is 3.54. The molecule has 7 heteroatoms. The van der Waals surface area contributed by atoms with Gasteiger partial charge in [-0.2, -0.15) is 0 Å². The topological polar surface area (TPSA) is 59.2 Å². The first-order valence-electron chi connectivity index (χ1n) is 8.98. The quantitative estimate of drug-likeness (QED) is 0.798. The van der Waals surface area contributed by atoms with Crippen LogP contribution in [-0.4, -0.2) is 68.5 Å². The zero-order chi connectivity index (χ0) is 17.8. The third-order valence-electron chi connectivity index (χ3n) is 4.84. The van der Waals surface area contributed by atoms with Crippen molar-refractivity contribution in [2.45, 2.75) is 31.7 Å². The van der Waals surface area contributed by atoms with Crippen molar-refractivity contribution in [3.8, 4) is 0 Å². The third kappa shape index (κ3) is 4.10. The fourth-order valence-corrected chi connectivity index (χ4v) is 3.51. The minimum absolute atomic E-state index is 0.0166. The Labute approximate surface area is 149 Å². The molecule has 0 aromatic carbocycles. The van der Waals surface area contributed by atoms with Gasteiger partial charge in [-0.05, 0) is 39.9 Å². The third-order valence-corrected chi connectivity index (χ3v) is 4.84. The Morgan fingerprint density at radius 1 is 1.28 bits per heavy atom. The molecular weight excluding hydrogens is 316 g/mol. The van der Waals surface area contributed by atoms with Gasteiger partial charge in [0.2, 0.25) is 0 Å². The second-order valence-electron chi connectivity index (χ2n) is 7.09. The van der Waals surface area contributed by atoms with Crippen molar-refractivity contribution in [2.24, 2.45) is 7.05 Å². The molecule has 1 saturated heterocycles. The zero-order valence-corrected chi connectivity index (χ0v) is 15.4. The summed E-state index contributed by atoms with van der Waals surface area (Å²) < 4.78 is 4.04. The highest BCUT2D eigenvalue weighted by Gasteiger charge is 2.29. The molecule has 25 heavy (non-hydrogen) atoms. The monoisotopic (exact) mass is 344 g/mol. The van der Waals surface area contributed by atoms with Crippen molar-refractivity contribution in [3.05, 3.63) is 36.4 Å². The summed E-state index contributed by atoms with van der Waals surface area (Å²) in [7, 11) is 6.05. The van der Waals surface area contributed by atoms with E-state index in [0.29, 0.717) is 11.7 Å². The van der Waals surface area contributed by atoms with Crippen molar-refractivity contribution >= 4 is 5.91 Å². The van der Waals surface area contributed by atoms with Gasteiger partial charge in [-0.15, -0.1) is 0 Å². The molecule has 136 valence electrons. The molecule has 0 bridgehead atoms. The van der Waals surface area contributed by atoms with Gasteiger partial charge in [-0.3, -0.25) is 4.79 Å². The van der Waals surface area contributed by atoms with Crippen molar-refractivity contribution in [3.63, 3.8) is 0 Å². The number of nitrogens with zero attached hydrogens (tertiary/aromatic N) is 6. The molecular formula is C18H28N6O. The molecule has 0 saturated carbocycles. The molecule has 7 nitrogen and oxygen atoms in total. The highest BCUT2D eigenvalue weighted by molar-refractivity contribution is 5.90. The number of hydrogen-bond donors (Lipinski definition) is 0. The van der Waals surface area contributed by atoms with Crippen LogP contribution in [0, 0.1) is 0 Å². The lowest BCUT2D eigenvalue weighted by atomic mass is 9.97. The number of hydrogen-bond acceptors (Lipinski definition) is 4. The zero-order valence-electron chi connectivity index (χ0n) is 15.4. The van der Waals surface area contributed by atoms with Crippen molar-refractivity contribution in [1.82, 2.24) is 28.9 Å². The lowest BCUT2D eigenvalue weighted by Gasteiger charge is -2.32. The molecule has 1 amide bonds. The Morgan fingerprint density at radius 2 is 2.08 bits per heavy atom. The Morgan fingerprint density at radius 3 is 2.80 bits per heavy atom. The Bertz CT molecular complexity index is 704. The Hall–Kier alpha value is -2.15. The number of imidazole rings is 2. The van der Waals surface area contributed by atoms with Crippen LogP contribution in [0.3, 0.4) is 0 Å². The van der Waals surface area contributed by atoms with Crippen molar-refractivity contribution < 1.29 is 4.79 Å². The van der Waals surface area contributed by atoms with Gasteiger partial charge in [-0.25, -0.2) is 9.97 Å². The summed E-state index contributed by atoms with van der Waals surface area (Å²) in [4.78, 5) is 25.7. The first-order chi connectivity index (χ1) is 12.1. The molecule has 1 aliphatic rings. The van der Waals surface area contributed by atoms with Gasteiger partial charge in [0, 0.05) is 57.4 Å². The van der Waals surface area contributed by atoms with Crippen LogP contribution in [0.15, 0.2) is 24.8 Å². The summed E-state index contributed by atoms with van der Waals surface area (Å²) in [6, 6.07) is 0. The van der Waals surface area contributed by atoms with E-state index < -0.39 is 0 Å². The number of carbonyl (C=O) groups is 1. The van der Waals surface area contributed by atoms with Gasteiger partial charge in [-0.1, -0.05) is 0 Å². The molecule has 1 aliphatic heterocycles. The highest BCUT2D eigenvalue weighted by atomic mass is 16.2. The molecule has 0 N–H and O–H groups in total. The number of aryl methyl sites for hydroxylation is 2. The largest absolute Gasteiger partial charge is 0.335 e. The molecule has 2 aromatic heterocycles. The predicted octanol–water partition coefficient (Wildman–Crippen LogP) is 1.59. The van der Waals surface area contributed by atoms with Crippen LogP contribution in [0.1, 0.15) is 41.6 Å². The van der Waals surface area contributed by atoms with Crippen LogP contribution in [-0.2, 0) is 13.6 Å². The maximum atomic E-state index is 12.7. The van der Waals surface area contributed by atoms with E-state index in [0.717, 1.165) is 51.3 Å². The number of amides is 1. The van der Waals surface area contributed by atoms with Crippen molar-refractivity contribution in [1.29, 1.82) is 0 Å². The standard InChI is InChI=1S/C18H28N6O/c1-21(2)9-5-11-23-13-8-19-16(23)15-6-4-10-24(14-15)18(25)17-20-7-12-22(17)3/h7-8,12-13,15H,4-6,9-11,14H2,1-3H3. The van der Waals surface area contributed by atoms with E-state index in [1.807, 2.05) is 24.3 Å². The molecule has 0 spiro atoms. The first kappa shape index (κ1) is 17.7. The maximum Gasteiger partial charge on any atom is 0.289 e. The van der Waals surface area contributed by atoms with E-state index in [1.54, 1.807) is 10.8 Å². The molecule has 1 atom stereocenters. The fourth-order valence-electron chi connectivity index (χ4n) is 3.51. The fraction of sp³-hybridized carbons (Fsp3) is 0.611. The van der Waals surface area contributed by atoms with Gasteiger partial charge in [0.1, 0.15) is 5.82 Å². The molecule has 0 aliphatic carbocycles. The number of rotatable bonds is 6. The molecule has 0 radical (unpaired) electrons. The number of carbonyl (C=O) groups excluding carboxylic acids is 1. The summed E-state index contributed by atoms with van der Waals surface area (Å²) in [5.41, 5.74) is 0. The second kappa shape index (κ2) is 7.82. The van der Waals surface area contributed by atoms with E-state index in [-0.39, 0.29) is 5.91 Å². The maximum absolute atomic E-state index is 12.7. The van der Waals surface area contributed by atoms with Gasteiger partial charge >= 0.3 is 0 Å². The molecule has 1 unspecified atom stereocenters. The predicted molar refractivity (Wildman–Crippen MR) is 96.5 cm³/mol. The first-order valence-corrected chi connectivity index (χ1v) is 8.98. The van der Waals surface area contributed by atoms with E-state index >= 15 is 0 Å². The molecule has 1 fully saturated rings. The molecule has 3 rings (SSSR count). The second-order valence-corrected chi connectivity index (χ2v) is 7.09. The normalized spacial score (nSPS) is 18.1. The van der Waals surface area contributed by atoms with E-state index in [4.69, 9.17) is 0 Å². The van der Waals surface area contributed by atoms with Crippen molar-refractivity contribution in [2.75, 3.05) is 33.7 Å². The van der Waals surface area contributed by atoms with E-state index in [1.165, 1.54) is 0 Å². The number of likely N-dealkylation sites (tertiary alicyclic amines) is 1. The minimum Gasteiger partial charge on any atom is -0.335 e. The minimum atomic E-state index is 0.0166. The number of piperidine rings is 1. The SMILES string of the molecule is CN(C)CCCn1ccnc1C1CCCN(C(=O)c2nccn2C)C1. The lowest BCUT2D eigenvalue weighted by Crippen LogP contribution is -2.40. The van der Waals surface area contributed by atoms with Crippen LogP contribution in [0.5, 0.6) is 0 Å². The van der Waals surface area contributed by atoms with Gasteiger partial charge < -0.3 is 18.9 Å². The van der Waals surface area contributed by atoms with Gasteiger partial charge in [0.15, 0.2) is 5.82 Å². The molecule has 3 heterocycles. The number of aromatic nitrogens is 4. The van der Waals surface area contributed by atoms with Crippen LogP contribution in [0.25, 0.3) is 0 Å². The van der Waals surface area contributed by atoms with Crippen LogP contribution in [0.2, 0.25) is 0 Å². The van der Waals surface area contributed by atoms with Crippen LogP contribution < -0.4 is 0 Å².